The van der Waals surface area contributed by atoms with Crippen molar-refractivity contribution in [3.05, 3.63) is 35.8 Å². The number of thioether (sulfide) groups is 1. The molecule has 0 radical (unpaired) electrons. The molecule has 2 N–H and O–H groups in total. The van der Waals surface area contributed by atoms with Crippen LogP contribution < -0.4 is 20.4 Å². The van der Waals surface area contributed by atoms with Crippen LogP contribution in [0.3, 0.4) is 0 Å². The first-order valence-corrected chi connectivity index (χ1v) is 14.2. The van der Waals surface area contributed by atoms with E-state index in [1.54, 1.807) is 11.0 Å². The van der Waals surface area contributed by atoms with Crippen molar-refractivity contribution in [2.75, 3.05) is 18.6 Å². The van der Waals surface area contributed by atoms with Crippen LogP contribution in [0.1, 0.15) is 68.9 Å². The summed E-state index contributed by atoms with van der Waals surface area (Å²) in [5.74, 6) is 6.43. The van der Waals surface area contributed by atoms with Gasteiger partial charge in [-0.25, -0.2) is 13.8 Å². The topological polar surface area (TPSA) is 109 Å². The number of amidine groups is 1. The van der Waals surface area contributed by atoms with Crippen LogP contribution in [0.25, 0.3) is 11.1 Å². The van der Waals surface area contributed by atoms with Crippen LogP contribution >= 0.6 is 11.8 Å². The number of methoxy groups -OCH3 is 1. The van der Waals surface area contributed by atoms with Crippen molar-refractivity contribution in [1.29, 1.82) is 0 Å². The van der Waals surface area contributed by atoms with Crippen LogP contribution in [0, 0.1) is 23.7 Å². The monoisotopic (exact) mass is 570 g/mol. The summed E-state index contributed by atoms with van der Waals surface area (Å²) >= 11 is 1.27. The minimum atomic E-state index is -2.83. The molecule has 1 saturated heterocycles. The van der Waals surface area contributed by atoms with Gasteiger partial charge in [0.15, 0.2) is 10.5 Å². The fourth-order valence-electron chi connectivity index (χ4n) is 4.22. The Morgan fingerprint density at radius 3 is 2.65 bits per heavy atom. The largest absolute Gasteiger partial charge is 0.494 e. The highest BCUT2D eigenvalue weighted by atomic mass is 32.2. The van der Waals surface area contributed by atoms with Crippen molar-refractivity contribution < 1.29 is 23.1 Å². The maximum absolute atomic E-state index is 13.6. The number of aromatic nitrogens is 2. The summed E-state index contributed by atoms with van der Waals surface area (Å²) < 4.78 is 32.5. The molecule has 2 unspecified atom stereocenters. The first-order valence-electron chi connectivity index (χ1n) is 13.3. The minimum Gasteiger partial charge on any atom is -0.494 e. The predicted molar refractivity (Wildman–Crippen MR) is 151 cm³/mol. The molecule has 4 heterocycles. The number of nitrogens with zero attached hydrogens (tertiary/aromatic N) is 4. The zero-order chi connectivity index (χ0) is 28.8. The van der Waals surface area contributed by atoms with E-state index in [0.29, 0.717) is 23.4 Å². The summed E-state index contributed by atoms with van der Waals surface area (Å²) in [6.45, 7) is 6.33. The van der Waals surface area contributed by atoms with E-state index in [0.717, 1.165) is 25.7 Å². The Morgan fingerprint density at radius 1 is 1.18 bits per heavy atom. The number of carbonyl (C=O) groups excluding carboxylic acids is 2. The number of carbonyl (C=O) groups is 2. The summed E-state index contributed by atoms with van der Waals surface area (Å²) in [5.41, 5.74) is 3.03. The highest BCUT2D eigenvalue weighted by molar-refractivity contribution is 8.14. The van der Waals surface area contributed by atoms with E-state index in [1.165, 1.54) is 37.3 Å². The first-order chi connectivity index (χ1) is 19.3. The van der Waals surface area contributed by atoms with Gasteiger partial charge in [0.1, 0.15) is 17.3 Å². The molecule has 212 valence electrons. The van der Waals surface area contributed by atoms with Gasteiger partial charge in [0.05, 0.1) is 18.9 Å². The number of alkyl halides is 2. The van der Waals surface area contributed by atoms with E-state index >= 15 is 0 Å². The van der Waals surface area contributed by atoms with Gasteiger partial charge < -0.3 is 4.74 Å². The maximum Gasteiger partial charge on any atom is 0.280 e. The highest BCUT2D eigenvalue weighted by Gasteiger charge is 2.30. The van der Waals surface area contributed by atoms with Crippen LogP contribution in [0.15, 0.2) is 29.6 Å². The van der Waals surface area contributed by atoms with Crippen molar-refractivity contribution in [2.24, 2.45) is 16.9 Å². The van der Waals surface area contributed by atoms with E-state index in [2.05, 4.69) is 37.7 Å². The smallest absolute Gasteiger partial charge is 0.280 e. The molecule has 2 aromatic rings. The lowest BCUT2D eigenvalue weighted by Crippen LogP contribution is -2.40. The van der Waals surface area contributed by atoms with E-state index in [-0.39, 0.29) is 39.6 Å². The first kappa shape index (κ1) is 29.3. The molecule has 0 aromatic carbocycles. The fraction of sp³-hybridized carbons (Fsp3) is 0.464. The van der Waals surface area contributed by atoms with Crippen LogP contribution in [-0.2, 0) is 4.79 Å². The predicted octanol–water partition coefficient (Wildman–Crippen LogP) is 4.96. The Labute approximate surface area is 236 Å². The number of hydrogen-bond donors (Lipinski definition) is 2. The van der Waals surface area contributed by atoms with Crippen molar-refractivity contribution in [3.8, 4) is 28.7 Å². The Hall–Kier alpha value is -3.72. The van der Waals surface area contributed by atoms with Crippen LogP contribution in [-0.4, -0.2) is 46.0 Å². The second kappa shape index (κ2) is 13.1. The molecular formula is C28H32F2N6O3S. The minimum absolute atomic E-state index is 0.0806. The number of hydrogen-bond acceptors (Lipinski definition) is 8. The summed E-state index contributed by atoms with van der Waals surface area (Å²) in [5, 5.41) is 6.96. The fourth-order valence-corrected chi connectivity index (χ4v) is 4.93. The van der Waals surface area contributed by atoms with Gasteiger partial charge in [0.25, 0.3) is 12.3 Å². The molecule has 2 atom stereocenters. The number of nitrogens with one attached hydrogen (secondary N) is 2. The van der Waals surface area contributed by atoms with Crippen molar-refractivity contribution >= 4 is 34.6 Å². The molecule has 3 aliphatic rings. The Morgan fingerprint density at radius 2 is 1.95 bits per heavy atom. The third-order valence-corrected chi connectivity index (χ3v) is 7.34. The van der Waals surface area contributed by atoms with Gasteiger partial charge in [-0.15, -0.1) is 0 Å². The normalized spacial score (nSPS) is 20.0. The van der Waals surface area contributed by atoms with Gasteiger partial charge in [-0.3, -0.25) is 30.2 Å². The molecule has 1 saturated carbocycles. The molecule has 5 rings (SSSR count). The lowest BCUT2D eigenvalue weighted by atomic mass is 9.97. The molecule has 9 nitrogen and oxygen atoms in total. The lowest BCUT2D eigenvalue weighted by molar-refractivity contribution is -0.123. The summed E-state index contributed by atoms with van der Waals surface area (Å²) in [6.07, 6.45) is 3.49. The average Bonchev–Trinajstić information content (AvgIpc) is 3.70. The second-order valence-electron chi connectivity index (χ2n) is 9.29. The maximum atomic E-state index is 13.6. The molecule has 2 amide bonds. The van der Waals surface area contributed by atoms with Crippen LogP contribution in [0.2, 0.25) is 0 Å². The lowest BCUT2D eigenvalue weighted by Gasteiger charge is -2.30. The van der Waals surface area contributed by atoms with Gasteiger partial charge in [0, 0.05) is 35.7 Å². The number of piperidine rings is 1. The SMILES string of the molecule is CC.COc1cnc(C(F)F)cc1-c1cc(N2CCCC(C)C2=O)ncc1C(=O)NC1=NNC(C#CC2CC2)S1. The van der Waals surface area contributed by atoms with Gasteiger partial charge in [-0.1, -0.05) is 32.6 Å². The highest BCUT2D eigenvalue weighted by Crippen LogP contribution is 2.37. The van der Waals surface area contributed by atoms with Gasteiger partial charge in [-0.05, 0) is 49.6 Å². The van der Waals surface area contributed by atoms with E-state index < -0.39 is 18.0 Å². The molecule has 40 heavy (non-hydrogen) atoms. The number of ether oxygens (including phenoxy) is 1. The zero-order valence-electron chi connectivity index (χ0n) is 22.8. The third kappa shape index (κ3) is 6.70. The number of rotatable bonds is 5. The molecule has 0 bridgehead atoms. The molecule has 0 spiro atoms. The van der Waals surface area contributed by atoms with Crippen molar-refractivity contribution in [1.82, 2.24) is 20.7 Å². The Bertz CT molecular complexity index is 1360. The number of halogens is 2. The summed E-state index contributed by atoms with van der Waals surface area (Å²) in [6, 6.07) is 2.75. The average molecular weight is 571 g/mol. The van der Waals surface area contributed by atoms with Crippen molar-refractivity contribution in [2.45, 2.75) is 58.3 Å². The number of anilines is 1. The number of amides is 2. The van der Waals surface area contributed by atoms with Gasteiger partial charge in [0.2, 0.25) is 5.91 Å². The molecule has 2 fully saturated rings. The van der Waals surface area contributed by atoms with E-state index in [4.69, 9.17) is 4.74 Å². The van der Waals surface area contributed by atoms with Crippen LogP contribution in [0.5, 0.6) is 5.75 Å². The molecular weight excluding hydrogens is 538 g/mol. The summed E-state index contributed by atoms with van der Waals surface area (Å²) in [7, 11) is 1.39. The zero-order valence-corrected chi connectivity index (χ0v) is 23.6. The standard InChI is InChI=1S/C26H26F2N6O3S.C2H6/c1-14-4-3-9-34(25(14)36)21-11-16(17-10-19(23(27)28)29-13-20(17)37-2)18(12-30-21)24(35)31-26-33-32-22(38-26)8-7-15-5-6-15;1-2/h10-15,22-23,32H,3-6,9H2,1-2H3,(H,31,33,35);1-2H3. The van der Waals surface area contributed by atoms with E-state index in [9.17, 15) is 18.4 Å². The summed E-state index contributed by atoms with van der Waals surface area (Å²) in [4.78, 5) is 36.0. The van der Waals surface area contributed by atoms with Gasteiger partial charge in [-0.2, -0.15) is 5.10 Å². The Kier molecular flexibility index (Phi) is 9.58. The Balaban J connectivity index is 0.00000181. The van der Waals surface area contributed by atoms with Crippen molar-refractivity contribution in [3.63, 3.8) is 0 Å². The molecule has 2 aliphatic heterocycles. The number of hydrazone groups is 1. The second-order valence-corrected chi connectivity index (χ2v) is 10.4. The van der Waals surface area contributed by atoms with E-state index in [1.807, 2.05) is 20.8 Å². The third-order valence-electron chi connectivity index (χ3n) is 6.47. The van der Waals surface area contributed by atoms with Gasteiger partial charge >= 0.3 is 0 Å². The molecule has 1 aliphatic carbocycles. The molecule has 12 heteroatoms. The molecule has 2 aromatic heterocycles. The quantitative estimate of drug-likeness (QED) is 0.490. The van der Waals surface area contributed by atoms with Crippen LogP contribution in [0.4, 0.5) is 14.6 Å². The number of pyridine rings is 2.